The van der Waals surface area contributed by atoms with E-state index >= 15 is 0 Å². The number of carbonyl (C=O) groups is 1. The molecule has 21 heavy (non-hydrogen) atoms. The molecule has 0 radical (unpaired) electrons. The van der Waals surface area contributed by atoms with Gasteiger partial charge in [-0.05, 0) is 12.0 Å². The van der Waals surface area contributed by atoms with Crippen molar-refractivity contribution in [2.45, 2.75) is 19.9 Å². The summed E-state index contributed by atoms with van der Waals surface area (Å²) in [4.78, 5) is 13.6. The fraction of sp³-hybridized carbons (Fsp3) is 0.375. The zero-order chi connectivity index (χ0) is 15.5. The van der Waals surface area contributed by atoms with Crippen molar-refractivity contribution in [2.75, 3.05) is 19.7 Å². The number of hydrogen-bond donors (Lipinski definition) is 2. The molecule has 0 aromatic heterocycles. The first kappa shape index (κ1) is 16.7. The molecule has 1 aromatic carbocycles. The summed E-state index contributed by atoms with van der Waals surface area (Å²) in [6.45, 7) is 3.34. The van der Waals surface area contributed by atoms with Gasteiger partial charge in [-0.1, -0.05) is 37.3 Å². The van der Waals surface area contributed by atoms with Gasteiger partial charge in [0.1, 0.15) is 11.6 Å². The number of nitrogens with one attached hydrogen (secondary N) is 1. The molecule has 2 N–H and O–H groups in total. The van der Waals surface area contributed by atoms with Gasteiger partial charge in [0, 0.05) is 25.8 Å². The molecule has 1 rings (SSSR count). The van der Waals surface area contributed by atoms with Crippen molar-refractivity contribution in [1.29, 1.82) is 5.26 Å². The Morgan fingerprint density at radius 2 is 2.14 bits per heavy atom. The Morgan fingerprint density at radius 1 is 1.43 bits per heavy atom. The predicted octanol–water partition coefficient (Wildman–Crippen LogP) is 1.41. The number of amides is 1. The van der Waals surface area contributed by atoms with Crippen LogP contribution >= 0.6 is 0 Å². The fourth-order valence-electron chi connectivity index (χ4n) is 1.79. The third-order valence-electron chi connectivity index (χ3n) is 2.83. The van der Waals surface area contributed by atoms with Gasteiger partial charge in [0.25, 0.3) is 5.91 Å². The number of aliphatic hydroxyl groups excluding tert-OH is 1. The van der Waals surface area contributed by atoms with Crippen LogP contribution in [-0.4, -0.2) is 35.6 Å². The first-order valence-corrected chi connectivity index (χ1v) is 7.00. The van der Waals surface area contributed by atoms with Crippen LogP contribution in [0.25, 0.3) is 0 Å². The number of benzene rings is 1. The number of aliphatic hydroxyl groups is 1. The van der Waals surface area contributed by atoms with Crippen LogP contribution in [-0.2, 0) is 11.3 Å². The predicted molar refractivity (Wildman–Crippen MR) is 80.9 cm³/mol. The molecule has 5 heteroatoms. The van der Waals surface area contributed by atoms with Crippen molar-refractivity contribution in [3.05, 3.63) is 47.7 Å². The van der Waals surface area contributed by atoms with E-state index in [0.717, 1.165) is 12.0 Å². The summed E-state index contributed by atoms with van der Waals surface area (Å²) < 4.78 is 0. The number of nitriles is 1. The minimum Gasteiger partial charge on any atom is -0.395 e. The molecule has 0 spiro atoms. The Labute approximate surface area is 125 Å². The summed E-state index contributed by atoms with van der Waals surface area (Å²) in [5.74, 6) is -0.379. The Morgan fingerprint density at radius 3 is 2.71 bits per heavy atom. The van der Waals surface area contributed by atoms with E-state index in [-0.39, 0.29) is 18.1 Å². The van der Waals surface area contributed by atoms with Gasteiger partial charge in [-0.2, -0.15) is 5.26 Å². The van der Waals surface area contributed by atoms with Crippen molar-refractivity contribution >= 4 is 5.91 Å². The maximum atomic E-state index is 11.8. The van der Waals surface area contributed by atoms with E-state index in [9.17, 15) is 4.79 Å². The fourth-order valence-corrected chi connectivity index (χ4v) is 1.79. The van der Waals surface area contributed by atoms with E-state index < -0.39 is 0 Å². The van der Waals surface area contributed by atoms with Crippen molar-refractivity contribution in [3.8, 4) is 6.07 Å². The molecule has 0 saturated carbocycles. The highest BCUT2D eigenvalue weighted by Crippen LogP contribution is 2.07. The molecule has 0 aliphatic carbocycles. The van der Waals surface area contributed by atoms with E-state index in [1.165, 1.54) is 6.20 Å². The van der Waals surface area contributed by atoms with Crippen LogP contribution in [0.2, 0.25) is 0 Å². The number of carbonyl (C=O) groups excluding carboxylic acids is 1. The largest absolute Gasteiger partial charge is 0.395 e. The molecule has 0 bridgehead atoms. The van der Waals surface area contributed by atoms with Gasteiger partial charge in [-0.15, -0.1) is 0 Å². The lowest BCUT2D eigenvalue weighted by molar-refractivity contribution is -0.117. The monoisotopic (exact) mass is 287 g/mol. The maximum Gasteiger partial charge on any atom is 0.263 e. The molecular formula is C16H21N3O2. The molecule has 0 fully saturated rings. The summed E-state index contributed by atoms with van der Waals surface area (Å²) in [7, 11) is 0. The Hall–Kier alpha value is -2.32. The molecule has 1 aromatic rings. The summed E-state index contributed by atoms with van der Waals surface area (Å²) in [5, 5.41) is 20.9. The van der Waals surface area contributed by atoms with Crippen molar-refractivity contribution in [2.24, 2.45) is 0 Å². The second-order valence-electron chi connectivity index (χ2n) is 4.59. The highest BCUT2D eigenvalue weighted by molar-refractivity contribution is 5.97. The van der Waals surface area contributed by atoms with Gasteiger partial charge in [0.2, 0.25) is 0 Å². The quantitative estimate of drug-likeness (QED) is 0.560. The van der Waals surface area contributed by atoms with Gasteiger partial charge in [-0.25, -0.2) is 0 Å². The lowest BCUT2D eigenvalue weighted by atomic mass is 10.2. The molecule has 5 nitrogen and oxygen atoms in total. The van der Waals surface area contributed by atoms with Gasteiger partial charge in [0.05, 0.1) is 6.61 Å². The molecule has 0 saturated heterocycles. The first-order valence-electron chi connectivity index (χ1n) is 7.00. The van der Waals surface area contributed by atoms with E-state index in [1.54, 1.807) is 4.90 Å². The number of nitrogens with zero attached hydrogens (tertiary/aromatic N) is 2. The highest BCUT2D eigenvalue weighted by Gasteiger charge is 2.10. The number of hydrogen-bond acceptors (Lipinski definition) is 4. The van der Waals surface area contributed by atoms with Crippen LogP contribution in [0.5, 0.6) is 0 Å². The van der Waals surface area contributed by atoms with Crippen LogP contribution in [0.3, 0.4) is 0 Å². The topological polar surface area (TPSA) is 76.4 Å². The average Bonchev–Trinajstić information content (AvgIpc) is 2.51. The SMILES string of the molecule is CCCNC(=O)/C(C#N)=C\N(CCO)Cc1ccccc1. The lowest BCUT2D eigenvalue weighted by Crippen LogP contribution is -2.28. The van der Waals surface area contributed by atoms with Crippen molar-refractivity contribution in [3.63, 3.8) is 0 Å². The molecule has 1 amide bonds. The van der Waals surface area contributed by atoms with Crippen LogP contribution < -0.4 is 5.32 Å². The van der Waals surface area contributed by atoms with Crippen LogP contribution in [0.15, 0.2) is 42.1 Å². The Bertz CT molecular complexity index is 506. The van der Waals surface area contributed by atoms with Gasteiger partial charge >= 0.3 is 0 Å². The van der Waals surface area contributed by atoms with Gasteiger partial charge in [0.15, 0.2) is 0 Å². The molecule has 0 unspecified atom stereocenters. The minimum absolute atomic E-state index is 0.0430. The summed E-state index contributed by atoms with van der Waals surface area (Å²) in [6, 6.07) is 11.6. The lowest BCUT2D eigenvalue weighted by Gasteiger charge is -2.20. The Kier molecular flexibility index (Phi) is 7.62. The zero-order valence-electron chi connectivity index (χ0n) is 12.2. The third-order valence-corrected chi connectivity index (χ3v) is 2.83. The van der Waals surface area contributed by atoms with Crippen LogP contribution in [0.1, 0.15) is 18.9 Å². The van der Waals surface area contributed by atoms with Crippen LogP contribution in [0.4, 0.5) is 0 Å². The minimum atomic E-state index is -0.379. The standard InChI is InChI=1S/C16H21N3O2/c1-2-8-18-16(21)15(11-17)13-19(9-10-20)12-14-6-4-3-5-7-14/h3-7,13,20H,2,8-10,12H2,1H3,(H,18,21)/b15-13-. The van der Waals surface area contributed by atoms with Gasteiger partial charge < -0.3 is 15.3 Å². The first-order chi connectivity index (χ1) is 10.2. The number of rotatable bonds is 8. The Balaban J connectivity index is 2.80. The van der Waals surface area contributed by atoms with E-state index in [2.05, 4.69) is 5.32 Å². The molecule has 112 valence electrons. The van der Waals surface area contributed by atoms with E-state index in [0.29, 0.717) is 19.6 Å². The molecule has 0 atom stereocenters. The molecule has 0 aliphatic rings. The summed E-state index contributed by atoms with van der Waals surface area (Å²) >= 11 is 0. The van der Waals surface area contributed by atoms with E-state index in [4.69, 9.17) is 10.4 Å². The van der Waals surface area contributed by atoms with Crippen molar-refractivity contribution < 1.29 is 9.90 Å². The maximum absolute atomic E-state index is 11.8. The third kappa shape index (κ3) is 6.11. The van der Waals surface area contributed by atoms with Gasteiger partial charge in [-0.3, -0.25) is 4.79 Å². The summed E-state index contributed by atoms with van der Waals surface area (Å²) in [6.07, 6.45) is 2.32. The van der Waals surface area contributed by atoms with E-state index in [1.807, 2.05) is 43.3 Å². The second kappa shape index (κ2) is 9.56. The van der Waals surface area contributed by atoms with Crippen LogP contribution in [0, 0.1) is 11.3 Å². The summed E-state index contributed by atoms with van der Waals surface area (Å²) in [5.41, 5.74) is 1.10. The highest BCUT2D eigenvalue weighted by atomic mass is 16.3. The molecular weight excluding hydrogens is 266 g/mol. The van der Waals surface area contributed by atoms with Crippen molar-refractivity contribution in [1.82, 2.24) is 10.2 Å². The second-order valence-corrected chi connectivity index (χ2v) is 4.59. The zero-order valence-corrected chi connectivity index (χ0v) is 12.2. The smallest absolute Gasteiger partial charge is 0.263 e. The molecule has 0 heterocycles. The molecule has 0 aliphatic heterocycles. The average molecular weight is 287 g/mol. The normalized spacial score (nSPS) is 10.8.